The summed E-state index contributed by atoms with van der Waals surface area (Å²) in [5.74, 6) is -0.599. The Labute approximate surface area is 157 Å². The van der Waals surface area contributed by atoms with Crippen LogP contribution >= 0.6 is 11.6 Å². The van der Waals surface area contributed by atoms with E-state index in [2.05, 4.69) is 15.8 Å². The highest BCUT2D eigenvalue weighted by atomic mass is 35.5. The number of anilines is 1. The van der Waals surface area contributed by atoms with Crippen LogP contribution in [0, 0.1) is 0 Å². The summed E-state index contributed by atoms with van der Waals surface area (Å²) in [7, 11) is 3.93. The van der Waals surface area contributed by atoms with Crippen molar-refractivity contribution in [2.45, 2.75) is 6.42 Å². The molecule has 2 rings (SSSR count). The number of carbonyl (C=O) groups is 2. The number of benzene rings is 2. The monoisotopic (exact) mass is 372 g/mol. The van der Waals surface area contributed by atoms with Gasteiger partial charge in [0.2, 0.25) is 5.91 Å². The number of rotatable bonds is 7. The molecular formula is C19H21ClN4O2. The minimum absolute atomic E-state index is 0.118. The number of carbonyl (C=O) groups excluding carboxylic acids is 2. The second-order valence-electron chi connectivity index (χ2n) is 5.76. The third-order valence-corrected chi connectivity index (χ3v) is 3.90. The van der Waals surface area contributed by atoms with Gasteiger partial charge in [0.15, 0.2) is 0 Å². The maximum Gasteiger partial charge on any atom is 0.252 e. The summed E-state index contributed by atoms with van der Waals surface area (Å²) in [5.41, 5.74) is 4.78. The number of halogens is 1. The fourth-order valence-electron chi connectivity index (χ4n) is 2.12. The van der Waals surface area contributed by atoms with Crippen LogP contribution in [0.3, 0.4) is 0 Å². The van der Waals surface area contributed by atoms with Crippen molar-refractivity contribution in [3.05, 3.63) is 64.7 Å². The molecule has 0 heterocycles. The predicted octanol–water partition coefficient (Wildman–Crippen LogP) is 2.68. The molecular weight excluding hydrogens is 352 g/mol. The minimum Gasteiger partial charge on any atom is -0.378 e. The van der Waals surface area contributed by atoms with Crippen LogP contribution < -0.4 is 15.6 Å². The summed E-state index contributed by atoms with van der Waals surface area (Å²) < 4.78 is 0. The lowest BCUT2D eigenvalue weighted by molar-refractivity contribution is -0.120. The predicted molar refractivity (Wildman–Crippen MR) is 105 cm³/mol. The largest absolute Gasteiger partial charge is 0.378 e. The van der Waals surface area contributed by atoms with E-state index in [9.17, 15) is 9.59 Å². The molecule has 26 heavy (non-hydrogen) atoms. The zero-order valence-corrected chi connectivity index (χ0v) is 15.5. The lowest BCUT2D eigenvalue weighted by Gasteiger charge is -2.11. The smallest absolute Gasteiger partial charge is 0.252 e. The first-order valence-corrected chi connectivity index (χ1v) is 8.47. The Bertz CT molecular complexity index is 788. The lowest BCUT2D eigenvalue weighted by Crippen LogP contribution is -2.29. The molecule has 0 bridgehead atoms. The molecule has 0 radical (unpaired) electrons. The molecule has 0 fully saturated rings. The quantitative estimate of drug-likeness (QED) is 0.579. The van der Waals surface area contributed by atoms with Crippen molar-refractivity contribution in [3.8, 4) is 0 Å². The van der Waals surface area contributed by atoms with Gasteiger partial charge in [0, 0.05) is 32.7 Å². The lowest BCUT2D eigenvalue weighted by atomic mass is 10.2. The highest BCUT2D eigenvalue weighted by Crippen LogP contribution is 2.14. The van der Waals surface area contributed by atoms with Gasteiger partial charge in [-0.3, -0.25) is 9.59 Å². The van der Waals surface area contributed by atoms with Crippen LogP contribution in [-0.2, 0) is 4.79 Å². The molecule has 6 nitrogen and oxygen atoms in total. The Balaban J connectivity index is 1.73. The molecule has 7 heteroatoms. The first-order chi connectivity index (χ1) is 12.5. The normalized spacial score (nSPS) is 10.6. The fourth-order valence-corrected chi connectivity index (χ4v) is 2.34. The first kappa shape index (κ1) is 19.5. The molecule has 2 aromatic carbocycles. The van der Waals surface area contributed by atoms with Gasteiger partial charge < -0.3 is 10.2 Å². The number of hydrogen-bond donors (Lipinski definition) is 2. The van der Waals surface area contributed by atoms with Crippen LogP contribution in [-0.4, -0.2) is 38.7 Å². The van der Waals surface area contributed by atoms with Crippen molar-refractivity contribution in [3.63, 3.8) is 0 Å². The van der Waals surface area contributed by atoms with E-state index in [-0.39, 0.29) is 24.8 Å². The van der Waals surface area contributed by atoms with Gasteiger partial charge in [0.25, 0.3) is 5.91 Å². The van der Waals surface area contributed by atoms with Gasteiger partial charge in [-0.15, -0.1) is 0 Å². The molecule has 0 spiro atoms. The number of amides is 2. The topological polar surface area (TPSA) is 73.8 Å². The third-order valence-electron chi connectivity index (χ3n) is 3.57. The van der Waals surface area contributed by atoms with E-state index in [0.717, 1.165) is 11.3 Å². The van der Waals surface area contributed by atoms with Crippen LogP contribution in [0.1, 0.15) is 22.3 Å². The van der Waals surface area contributed by atoms with Gasteiger partial charge in [-0.1, -0.05) is 35.9 Å². The minimum atomic E-state index is -0.312. The Morgan fingerprint density at radius 2 is 1.81 bits per heavy atom. The number of hydrogen-bond acceptors (Lipinski definition) is 4. The van der Waals surface area contributed by atoms with E-state index in [4.69, 9.17) is 11.6 Å². The SMILES string of the molecule is CN(C)c1ccc(/C=N/NC(=O)CCNC(=O)c2ccccc2Cl)cc1. The highest BCUT2D eigenvalue weighted by molar-refractivity contribution is 6.33. The maximum absolute atomic E-state index is 12.0. The molecule has 0 aliphatic carbocycles. The van der Waals surface area contributed by atoms with Crippen molar-refractivity contribution < 1.29 is 9.59 Å². The van der Waals surface area contributed by atoms with Gasteiger partial charge in [-0.2, -0.15) is 5.10 Å². The molecule has 136 valence electrons. The van der Waals surface area contributed by atoms with E-state index < -0.39 is 0 Å². The van der Waals surface area contributed by atoms with Crippen molar-refractivity contribution in [2.24, 2.45) is 5.10 Å². The van der Waals surface area contributed by atoms with Crippen molar-refractivity contribution >= 4 is 35.3 Å². The van der Waals surface area contributed by atoms with E-state index in [0.29, 0.717) is 10.6 Å². The number of nitrogens with zero attached hydrogens (tertiary/aromatic N) is 2. The summed E-state index contributed by atoms with van der Waals surface area (Å²) in [5, 5.41) is 6.94. The Kier molecular flexibility index (Phi) is 7.17. The van der Waals surface area contributed by atoms with Gasteiger partial charge in [0.05, 0.1) is 16.8 Å². The number of hydrazone groups is 1. The van der Waals surface area contributed by atoms with Crippen molar-refractivity contribution in [2.75, 3.05) is 25.5 Å². The average molecular weight is 373 g/mol. The van der Waals surface area contributed by atoms with Crippen molar-refractivity contribution in [1.29, 1.82) is 0 Å². The third kappa shape index (κ3) is 5.89. The molecule has 0 unspecified atom stereocenters. The van der Waals surface area contributed by atoms with E-state index in [1.54, 1.807) is 30.5 Å². The zero-order chi connectivity index (χ0) is 18.9. The molecule has 0 aliphatic heterocycles. The molecule has 0 aliphatic rings. The molecule has 0 saturated carbocycles. The van der Waals surface area contributed by atoms with Gasteiger partial charge >= 0.3 is 0 Å². The maximum atomic E-state index is 12.0. The van der Waals surface area contributed by atoms with Gasteiger partial charge in [0.1, 0.15) is 0 Å². The van der Waals surface area contributed by atoms with E-state index in [1.165, 1.54) is 0 Å². The van der Waals surface area contributed by atoms with Crippen molar-refractivity contribution in [1.82, 2.24) is 10.7 Å². The summed E-state index contributed by atoms with van der Waals surface area (Å²) in [6.07, 6.45) is 1.69. The summed E-state index contributed by atoms with van der Waals surface area (Å²) >= 11 is 5.95. The van der Waals surface area contributed by atoms with E-state index in [1.807, 2.05) is 43.3 Å². The first-order valence-electron chi connectivity index (χ1n) is 8.09. The Morgan fingerprint density at radius 3 is 2.46 bits per heavy atom. The summed E-state index contributed by atoms with van der Waals surface area (Å²) in [4.78, 5) is 25.7. The molecule has 0 saturated heterocycles. The van der Waals surface area contributed by atoms with Crippen LogP contribution in [0.5, 0.6) is 0 Å². The Morgan fingerprint density at radius 1 is 1.12 bits per heavy atom. The van der Waals surface area contributed by atoms with Gasteiger partial charge in [-0.25, -0.2) is 5.43 Å². The number of nitrogens with one attached hydrogen (secondary N) is 2. The summed E-state index contributed by atoms with van der Waals surface area (Å²) in [6.45, 7) is 0.197. The Hall–Kier alpha value is -2.86. The standard InChI is InChI=1S/C19H21ClN4O2/c1-24(2)15-9-7-14(8-10-15)13-22-23-18(25)11-12-21-19(26)16-5-3-4-6-17(16)20/h3-10,13H,11-12H2,1-2H3,(H,21,26)(H,23,25)/b22-13+. The molecule has 2 amide bonds. The van der Waals surface area contributed by atoms with Gasteiger partial charge in [-0.05, 0) is 29.8 Å². The highest BCUT2D eigenvalue weighted by Gasteiger charge is 2.09. The van der Waals surface area contributed by atoms with E-state index >= 15 is 0 Å². The molecule has 0 atom stereocenters. The second-order valence-corrected chi connectivity index (χ2v) is 6.17. The van der Waals surface area contributed by atoms with Crippen LogP contribution in [0.4, 0.5) is 5.69 Å². The summed E-state index contributed by atoms with van der Waals surface area (Å²) in [6, 6.07) is 14.5. The fraction of sp³-hybridized carbons (Fsp3) is 0.211. The average Bonchev–Trinajstić information content (AvgIpc) is 2.62. The molecule has 2 N–H and O–H groups in total. The van der Waals surface area contributed by atoms with Crippen LogP contribution in [0.2, 0.25) is 5.02 Å². The zero-order valence-electron chi connectivity index (χ0n) is 14.7. The van der Waals surface area contributed by atoms with Crippen LogP contribution in [0.15, 0.2) is 53.6 Å². The molecule has 0 aromatic heterocycles. The second kappa shape index (κ2) is 9.58. The van der Waals surface area contributed by atoms with Crippen LogP contribution in [0.25, 0.3) is 0 Å². The molecule has 2 aromatic rings.